The van der Waals surface area contributed by atoms with Crippen LogP contribution < -0.4 is 0 Å². The Kier molecular flexibility index (Phi) is 4.91. The summed E-state index contributed by atoms with van der Waals surface area (Å²) < 4.78 is 7.26. The number of pyridine rings is 1. The van der Waals surface area contributed by atoms with Gasteiger partial charge in [-0.2, -0.15) is 5.10 Å². The number of rotatable bonds is 3. The van der Waals surface area contributed by atoms with E-state index >= 15 is 0 Å². The second-order valence-corrected chi connectivity index (χ2v) is 7.31. The van der Waals surface area contributed by atoms with E-state index in [9.17, 15) is 4.79 Å². The first-order valence-corrected chi connectivity index (χ1v) is 9.53. The summed E-state index contributed by atoms with van der Waals surface area (Å²) in [5, 5.41) is 5.86. The predicted octanol–water partition coefficient (Wildman–Crippen LogP) is 1.39. The number of aromatic nitrogens is 3. The number of carbonyl (C=O) groups is 1. The Balaban J connectivity index is 1.41. The number of morpholine rings is 1. The standard InChI is InChI=1S/C19H27N5O2/c1-14(23-10-12-26-13-11-23)19(25)24-8-5-15(6-9-24)17-16-4-3-7-20-18(16)22(2)21-17/h3-4,7,14-15H,5-6,8-13H2,1-2H3/t14-/m1/s1. The predicted molar refractivity (Wildman–Crippen MR) is 98.9 cm³/mol. The molecular weight excluding hydrogens is 330 g/mol. The number of piperidine rings is 1. The van der Waals surface area contributed by atoms with E-state index in [1.165, 1.54) is 0 Å². The second kappa shape index (κ2) is 7.32. The fourth-order valence-corrected chi connectivity index (χ4v) is 4.18. The first-order valence-electron chi connectivity index (χ1n) is 9.53. The van der Waals surface area contributed by atoms with E-state index in [1.807, 2.05) is 35.8 Å². The largest absolute Gasteiger partial charge is 0.379 e. The van der Waals surface area contributed by atoms with Gasteiger partial charge in [0.2, 0.25) is 5.91 Å². The lowest BCUT2D eigenvalue weighted by molar-refractivity contribution is -0.139. The molecule has 4 heterocycles. The number of nitrogens with zero attached hydrogens (tertiary/aromatic N) is 5. The smallest absolute Gasteiger partial charge is 0.239 e. The number of amides is 1. The molecule has 2 fully saturated rings. The molecule has 140 valence electrons. The van der Waals surface area contributed by atoms with E-state index in [0.29, 0.717) is 5.92 Å². The van der Waals surface area contributed by atoms with E-state index in [4.69, 9.17) is 9.84 Å². The first-order chi connectivity index (χ1) is 12.6. The van der Waals surface area contributed by atoms with E-state index < -0.39 is 0 Å². The fourth-order valence-electron chi connectivity index (χ4n) is 4.18. The van der Waals surface area contributed by atoms with Crippen molar-refractivity contribution < 1.29 is 9.53 Å². The van der Waals surface area contributed by atoms with Crippen molar-refractivity contribution in [3.63, 3.8) is 0 Å². The van der Waals surface area contributed by atoms with Gasteiger partial charge in [-0.1, -0.05) is 0 Å². The second-order valence-electron chi connectivity index (χ2n) is 7.31. The van der Waals surface area contributed by atoms with Crippen LogP contribution in [0.1, 0.15) is 31.4 Å². The molecule has 2 aliphatic heterocycles. The molecule has 1 amide bonds. The molecule has 0 aromatic carbocycles. The molecule has 26 heavy (non-hydrogen) atoms. The molecule has 0 radical (unpaired) electrons. The molecule has 7 nitrogen and oxygen atoms in total. The normalized spacial score (nSPS) is 21.2. The highest BCUT2D eigenvalue weighted by Gasteiger charge is 2.31. The van der Waals surface area contributed by atoms with Gasteiger partial charge in [-0.05, 0) is 31.9 Å². The summed E-state index contributed by atoms with van der Waals surface area (Å²) in [4.78, 5) is 21.6. The zero-order chi connectivity index (χ0) is 18.1. The highest BCUT2D eigenvalue weighted by molar-refractivity contribution is 5.82. The summed E-state index contributed by atoms with van der Waals surface area (Å²) in [6, 6.07) is 4.01. The van der Waals surface area contributed by atoms with E-state index in [1.54, 1.807) is 0 Å². The van der Waals surface area contributed by atoms with Crippen LogP contribution >= 0.6 is 0 Å². The highest BCUT2D eigenvalue weighted by atomic mass is 16.5. The Labute approximate surface area is 153 Å². The van der Waals surface area contributed by atoms with Crippen LogP contribution in [0.3, 0.4) is 0 Å². The maximum absolute atomic E-state index is 12.9. The van der Waals surface area contributed by atoms with E-state index in [2.05, 4.69) is 16.0 Å². The van der Waals surface area contributed by atoms with Gasteiger partial charge >= 0.3 is 0 Å². The summed E-state index contributed by atoms with van der Waals surface area (Å²) in [5.41, 5.74) is 2.06. The van der Waals surface area contributed by atoms with Gasteiger partial charge in [-0.3, -0.25) is 14.4 Å². The van der Waals surface area contributed by atoms with Crippen molar-refractivity contribution in [2.24, 2.45) is 7.05 Å². The molecule has 2 aromatic rings. The van der Waals surface area contributed by atoms with Crippen molar-refractivity contribution in [3.8, 4) is 0 Å². The molecule has 0 bridgehead atoms. The van der Waals surface area contributed by atoms with Crippen LogP contribution in [0.4, 0.5) is 0 Å². The van der Waals surface area contributed by atoms with Crippen LogP contribution in [0.5, 0.6) is 0 Å². The average Bonchev–Trinajstić information content (AvgIpc) is 3.05. The van der Waals surface area contributed by atoms with Crippen LogP contribution in [0.25, 0.3) is 11.0 Å². The van der Waals surface area contributed by atoms with Crippen LogP contribution in [0.2, 0.25) is 0 Å². The molecule has 4 rings (SSSR count). The molecule has 2 aromatic heterocycles. The quantitative estimate of drug-likeness (QED) is 0.831. The number of aryl methyl sites for hydroxylation is 1. The first kappa shape index (κ1) is 17.4. The lowest BCUT2D eigenvalue weighted by Gasteiger charge is -2.37. The summed E-state index contributed by atoms with van der Waals surface area (Å²) >= 11 is 0. The summed E-state index contributed by atoms with van der Waals surface area (Å²) in [6.07, 6.45) is 3.73. The van der Waals surface area contributed by atoms with Gasteiger partial charge in [0.1, 0.15) is 0 Å². The highest BCUT2D eigenvalue weighted by Crippen LogP contribution is 2.31. The van der Waals surface area contributed by atoms with Gasteiger partial charge in [0, 0.05) is 50.7 Å². The van der Waals surface area contributed by atoms with Crippen molar-refractivity contribution in [2.75, 3.05) is 39.4 Å². The SMILES string of the molecule is C[C@H](C(=O)N1CCC(c2nn(C)c3ncccc23)CC1)N1CCOCC1. The third-order valence-electron chi connectivity index (χ3n) is 5.77. The minimum atomic E-state index is -0.0599. The maximum atomic E-state index is 12.9. The lowest BCUT2D eigenvalue weighted by atomic mass is 9.91. The van der Waals surface area contributed by atoms with E-state index in [-0.39, 0.29) is 11.9 Å². The molecule has 0 N–H and O–H groups in total. The van der Waals surface area contributed by atoms with Gasteiger partial charge in [0.15, 0.2) is 5.65 Å². The maximum Gasteiger partial charge on any atom is 0.239 e. The molecule has 2 aliphatic rings. The van der Waals surface area contributed by atoms with Crippen LogP contribution in [-0.2, 0) is 16.6 Å². The monoisotopic (exact) mass is 357 g/mol. The minimum absolute atomic E-state index is 0.0599. The Hall–Kier alpha value is -1.99. The Morgan fingerprint density at radius 2 is 1.96 bits per heavy atom. The summed E-state index contributed by atoms with van der Waals surface area (Å²) in [5.74, 6) is 0.642. The van der Waals surface area contributed by atoms with Crippen molar-refractivity contribution in [3.05, 3.63) is 24.0 Å². The molecule has 2 saturated heterocycles. The molecular formula is C19H27N5O2. The molecule has 1 atom stereocenters. The number of carbonyl (C=O) groups excluding carboxylic acids is 1. The van der Waals surface area contributed by atoms with Crippen molar-refractivity contribution in [1.29, 1.82) is 0 Å². The number of ether oxygens (including phenoxy) is 1. The fraction of sp³-hybridized carbons (Fsp3) is 0.632. The van der Waals surface area contributed by atoms with Crippen LogP contribution in [0, 0.1) is 0 Å². The molecule has 0 spiro atoms. The van der Waals surface area contributed by atoms with Crippen molar-refractivity contribution >= 4 is 16.9 Å². The third kappa shape index (κ3) is 3.21. The average molecular weight is 357 g/mol. The van der Waals surface area contributed by atoms with Crippen molar-refractivity contribution in [1.82, 2.24) is 24.6 Å². The number of hydrogen-bond donors (Lipinski definition) is 0. The molecule has 0 unspecified atom stereocenters. The Morgan fingerprint density at radius 3 is 2.69 bits per heavy atom. The van der Waals surface area contributed by atoms with E-state index in [0.717, 1.165) is 69.0 Å². The van der Waals surface area contributed by atoms with Gasteiger partial charge in [-0.25, -0.2) is 4.98 Å². The molecule has 0 aliphatic carbocycles. The number of hydrogen-bond acceptors (Lipinski definition) is 5. The minimum Gasteiger partial charge on any atom is -0.379 e. The van der Waals surface area contributed by atoms with Crippen molar-refractivity contribution in [2.45, 2.75) is 31.7 Å². The summed E-state index contributed by atoms with van der Waals surface area (Å²) in [6.45, 7) is 6.76. The van der Waals surface area contributed by atoms with Gasteiger partial charge in [0.25, 0.3) is 0 Å². The Morgan fingerprint density at radius 1 is 1.23 bits per heavy atom. The Bertz CT molecular complexity index is 775. The lowest BCUT2D eigenvalue weighted by Crippen LogP contribution is -2.52. The van der Waals surface area contributed by atoms with Gasteiger partial charge < -0.3 is 9.64 Å². The molecule has 7 heteroatoms. The number of likely N-dealkylation sites (tertiary alicyclic amines) is 1. The zero-order valence-electron chi connectivity index (χ0n) is 15.6. The van der Waals surface area contributed by atoms with Crippen LogP contribution in [0.15, 0.2) is 18.3 Å². The zero-order valence-corrected chi connectivity index (χ0v) is 15.6. The summed E-state index contributed by atoms with van der Waals surface area (Å²) in [7, 11) is 1.95. The molecule has 0 saturated carbocycles. The topological polar surface area (TPSA) is 63.5 Å². The van der Waals surface area contributed by atoms with Gasteiger partial charge in [-0.15, -0.1) is 0 Å². The van der Waals surface area contributed by atoms with Gasteiger partial charge in [0.05, 0.1) is 24.9 Å². The third-order valence-corrected chi connectivity index (χ3v) is 5.77. The number of fused-ring (bicyclic) bond motifs is 1. The van der Waals surface area contributed by atoms with Crippen LogP contribution in [-0.4, -0.2) is 75.9 Å².